The summed E-state index contributed by atoms with van der Waals surface area (Å²) in [6.07, 6.45) is 0.268. The average Bonchev–Trinajstić information content (AvgIpc) is 2.94. The van der Waals surface area contributed by atoms with E-state index in [1.165, 1.54) is 7.11 Å². The van der Waals surface area contributed by atoms with E-state index in [9.17, 15) is 9.59 Å². The van der Waals surface area contributed by atoms with Gasteiger partial charge in [0, 0.05) is 6.42 Å². The normalized spacial score (nSPS) is 11.7. The quantitative estimate of drug-likeness (QED) is 0.212. The Morgan fingerprint density at radius 1 is 0.730 bits per heavy atom. The van der Waals surface area contributed by atoms with Crippen LogP contribution in [0.3, 0.4) is 0 Å². The summed E-state index contributed by atoms with van der Waals surface area (Å²) in [5, 5.41) is 6.53. The van der Waals surface area contributed by atoms with Crippen LogP contribution in [0.1, 0.15) is 21.5 Å². The van der Waals surface area contributed by atoms with Crippen LogP contribution in [0.15, 0.2) is 109 Å². The van der Waals surface area contributed by atoms with E-state index in [2.05, 4.69) is 11.4 Å². The van der Waals surface area contributed by atoms with Gasteiger partial charge in [-0.1, -0.05) is 91.0 Å². The Bertz CT molecular complexity index is 1510. The Balaban J connectivity index is 1.40. The van der Waals surface area contributed by atoms with Crippen molar-refractivity contribution in [3.8, 4) is 5.75 Å². The maximum Gasteiger partial charge on any atom is 0.328 e. The van der Waals surface area contributed by atoms with Crippen LogP contribution in [0, 0.1) is 0 Å². The minimum atomic E-state index is -0.861. The van der Waals surface area contributed by atoms with Crippen LogP contribution >= 0.6 is 0 Å². The van der Waals surface area contributed by atoms with E-state index in [-0.39, 0.29) is 12.3 Å². The molecule has 5 aromatic carbocycles. The molecule has 0 bridgehead atoms. The van der Waals surface area contributed by atoms with Crippen LogP contribution in [0.4, 0.5) is 0 Å². The number of hydrogen-bond acceptors (Lipinski definition) is 4. The summed E-state index contributed by atoms with van der Waals surface area (Å²) in [7, 11) is 1.33. The third-order valence-electron chi connectivity index (χ3n) is 6.38. The van der Waals surface area contributed by atoms with Crippen molar-refractivity contribution in [2.45, 2.75) is 19.1 Å². The highest BCUT2D eigenvalue weighted by atomic mass is 16.5. The zero-order valence-corrected chi connectivity index (χ0v) is 20.5. The van der Waals surface area contributed by atoms with Crippen molar-refractivity contribution < 1.29 is 19.1 Å². The monoisotopic (exact) mass is 489 g/mol. The van der Waals surface area contributed by atoms with E-state index >= 15 is 0 Å². The van der Waals surface area contributed by atoms with Crippen molar-refractivity contribution in [1.29, 1.82) is 0 Å². The third-order valence-corrected chi connectivity index (χ3v) is 6.38. The number of methoxy groups -OCH3 is 1. The Morgan fingerprint density at radius 2 is 1.35 bits per heavy atom. The first-order valence-corrected chi connectivity index (χ1v) is 12.2. The second kappa shape index (κ2) is 11.0. The van der Waals surface area contributed by atoms with Gasteiger partial charge in [0.1, 0.15) is 18.4 Å². The lowest BCUT2D eigenvalue weighted by atomic mass is 9.95. The van der Waals surface area contributed by atoms with Crippen LogP contribution in [0.25, 0.3) is 21.5 Å². The fourth-order valence-corrected chi connectivity index (χ4v) is 4.56. The molecule has 0 radical (unpaired) electrons. The molecule has 184 valence electrons. The Hall–Kier alpha value is -4.64. The zero-order valence-electron chi connectivity index (χ0n) is 20.5. The van der Waals surface area contributed by atoms with E-state index in [0.29, 0.717) is 17.9 Å². The minimum absolute atomic E-state index is 0.268. The molecular weight excluding hydrogens is 462 g/mol. The van der Waals surface area contributed by atoms with Gasteiger partial charge >= 0.3 is 5.97 Å². The molecule has 0 aliphatic carbocycles. The molecule has 0 aliphatic heterocycles. The van der Waals surface area contributed by atoms with Gasteiger partial charge < -0.3 is 14.8 Å². The van der Waals surface area contributed by atoms with Crippen molar-refractivity contribution in [3.63, 3.8) is 0 Å². The summed E-state index contributed by atoms with van der Waals surface area (Å²) in [6.45, 7) is 0.440. The van der Waals surface area contributed by atoms with Crippen LogP contribution in [0.5, 0.6) is 5.75 Å². The van der Waals surface area contributed by atoms with Crippen LogP contribution in [0.2, 0.25) is 0 Å². The second-order valence-electron chi connectivity index (χ2n) is 8.87. The number of nitrogens with one attached hydrogen (secondary N) is 1. The van der Waals surface area contributed by atoms with Crippen LogP contribution in [-0.4, -0.2) is 25.0 Å². The number of fused-ring (bicyclic) bond motifs is 2. The van der Waals surface area contributed by atoms with Crippen molar-refractivity contribution in [3.05, 3.63) is 126 Å². The highest BCUT2D eigenvalue weighted by Gasteiger charge is 2.25. The van der Waals surface area contributed by atoms with Gasteiger partial charge in [-0.2, -0.15) is 0 Å². The summed E-state index contributed by atoms with van der Waals surface area (Å²) in [5.41, 5.74) is 2.46. The Morgan fingerprint density at radius 3 is 2.03 bits per heavy atom. The topological polar surface area (TPSA) is 64.6 Å². The summed E-state index contributed by atoms with van der Waals surface area (Å²) >= 11 is 0. The first-order chi connectivity index (χ1) is 18.1. The molecule has 1 N–H and O–H groups in total. The van der Waals surface area contributed by atoms with E-state index < -0.39 is 12.0 Å². The molecule has 0 fully saturated rings. The number of ether oxygens (including phenoxy) is 2. The fraction of sp³-hybridized carbons (Fsp3) is 0.125. The van der Waals surface area contributed by atoms with Crippen molar-refractivity contribution in [1.82, 2.24) is 5.32 Å². The molecule has 5 heteroatoms. The van der Waals surface area contributed by atoms with E-state index in [4.69, 9.17) is 9.47 Å². The van der Waals surface area contributed by atoms with Gasteiger partial charge in [0.25, 0.3) is 5.91 Å². The molecule has 0 unspecified atom stereocenters. The number of hydrogen-bond donors (Lipinski definition) is 1. The number of carbonyl (C=O) groups excluding carboxylic acids is 2. The molecule has 0 aromatic heterocycles. The Labute approximate surface area is 215 Å². The molecule has 0 heterocycles. The molecule has 5 nitrogen and oxygen atoms in total. The Kier molecular flexibility index (Phi) is 7.13. The molecule has 1 amide bonds. The number of esters is 1. The first kappa shape index (κ1) is 24.1. The predicted octanol–water partition coefficient (Wildman–Crippen LogP) is 6.09. The average molecular weight is 490 g/mol. The van der Waals surface area contributed by atoms with E-state index in [0.717, 1.165) is 32.7 Å². The predicted molar refractivity (Wildman–Crippen MR) is 146 cm³/mol. The first-order valence-electron chi connectivity index (χ1n) is 12.2. The highest BCUT2D eigenvalue weighted by molar-refractivity contribution is 6.18. The van der Waals surface area contributed by atoms with Crippen molar-refractivity contribution >= 4 is 33.4 Å². The molecule has 5 aromatic rings. The standard InChI is InChI=1S/C32H27NO4/c1-36-32(35)29(19-23-12-9-15-26(18-23)37-21-22-10-3-2-4-11-22)33-31(34)30-27-16-7-5-13-24(27)20-25-14-6-8-17-28(25)30/h2-18,20,29H,19,21H2,1H3,(H,33,34)/t29-/m1/s1. The zero-order chi connectivity index (χ0) is 25.6. The van der Waals surface area contributed by atoms with E-state index in [1.54, 1.807) is 0 Å². The van der Waals surface area contributed by atoms with Gasteiger partial charge in [0.05, 0.1) is 12.7 Å². The number of amides is 1. The van der Waals surface area contributed by atoms with Gasteiger partial charge in [-0.3, -0.25) is 4.79 Å². The second-order valence-corrected chi connectivity index (χ2v) is 8.87. The summed E-state index contributed by atoms with van der Waals surface area (Å²) in [5.74, 6) is -0.135. The fourth-order valence-electron chi connectivity index (χ4n) is 4.56. The maximum atomic E-state index is 13.7. The smallest absolute Gasteiger partial charge is 0.328 e. The molecular formula is C32H27NO4. The lowest BCUT2D eigenvalue weighted by Crippen LogP contribution is -2.43. The molecule has 0 saturated carbocycles. The number of carbonyl (C=O) groups is 2. The lowest BCUT2D eigenvalue weighted by molar-refractivity contribution is -0.142. The van der Waals surface area contributed by atoms with Gasteiger partial charge in [-0.25, -0.2) is 4.79 Å². The van der Waals surface area contributed by atoms with Crippen molar-refractivity contribution in [2.75, 3.05) is 7.11 Å². The summed E-state index contributed by atoms with van der Waals surface area (Å²) in [4.78, 5) is 26.4. The summed E-state index contributed by atoms with van der Waals surface area (Å²) < 4.78 is 11.0. The molecule has 0 aliphatic rings. The van der Waals surface area contributed by atoms with Gasteiger partial charge in [-0.05, 0) is 50.9 Å². The molecule has 5 rings (SSSR count). The minimum Gasteiger partial charge on any atom is -0.489 e. The largest absolute Gasteiger partial charge is 0.489 e. The van der Waals surface area contributed by atoms with Gasteiger partial charge in [0.15, 0.2) is 0 Å². The summed E-state index contributed by atoms with van der Waals surface area (Å²) in [6, 6.07) is 34.2. The third kappa shape index (κ3) is 5.46. The highest BCUT2D eigenvalue weighted by Crippen LogP contribution is 2.28. The van der Waals surface area contributed by atoms with Crippen LogP contribution < -0.4 is 10.1 Å². The SMILES string of the molecule is COC(=O)[C@@H](Cc1cccc(OCc2ccccc2)c1)NC(=O)c1c2ccccc2cc2ccccc12. The molecule has 1 atom stereocenters. The van der Waals surface area contributed by atoms with Crippen molar-refractivity contribution in [2.24, 2.45) is 0 Å². The molecule has 0 saturated heterocycles. The maximum absolute atomic E-state index is 13.7. The van der Waals surface area contributed by atoms with Gasteiger partial charge in [0.2, 0.25) is 0 Å². The van der Waals surface area contributed by atoms with Gasteiger partial charge in [-0.15, -0.1) is 0 Å². The lowest BCUT2D eigenvalue weighted by Gasteiger charge is -2.19. The number of rotatable bonds is 8. The van der Waals surface area contributed by atoms with E-state index in [1.807, 2.05) is 103 Å². The number of benzene rings is 5. The molecule has 0 spiro atoms. The molecule has 37 heavy (non-hydrogen) atoms. The van der Waals surface area contributed by atoms with Crippen LogP contribution in [-0.2, 0) is 22.6 Å².